The van der Waals surface area contributed by atoms with Gasteiger partial charge in [-0.05, 0) is 55.9 Å². The SMILES string of the molecule is C=C(CC)NCCCCN/C(=C/C(=C)c1ccccc1C)n1ncc(SF)c1C. The zero-order chi connectivity index (χ0) is 21.2. The molecule has 1 aromatic heterocycles. The summed E-state index contributed by atoms with van der Waals surface area (Å²) in [5, 5.41) is 11.1. The summed E-state index contributed by atoms with van der Waals surface area (Å²) < 4.78 is 14.9. The molecule has 2 N–H and O–H groups in total. The lowest BCUT2D eigenvalue weighted by atomic mass is 10.0. The van der Waals surface area contributed by atoms with Crippen LogP contribution in [-0.2, 0) is 0 Å². The van der Waals surface area contributed by atoms with Gasteiger partial charge in [-0.1, -0.05) is 44.3 Å². The number of halogens is 1. The van der Waals surface area contributed by atoms with E-state index in [1.807, 2.05) is 25.1 Å². The summed E-state index contributed by atoms with van der Waals surface area (Å²) in [6, 6.07) is 8.13. The molecule has 0 atom stereocenters. The highest BCUT2D eigenvalue weighted by Gasteiger charge is 2.12. The van der Waals surface area contributed by atoms with Crippen molar-refractivity contribution in [2.24, 2.45) is 0 Å². The first-order valence-electron chi connectivity index (χ1n) is 9.93. The van der Waals surface area contributed by atoms with Gasteiger partial charge in [0, 0.05) is 18.8 Å². The molecule has 0 aliphatic carbocycles. The maximum Gasteiger partial charge on any atom is 0.128 e. The Kier molecular flexibility index (Phi) is 9.06. The molecule has 0 saturated carbocycles. The van der Waals surface area contributed by atoms with Crippen molar-refractivity contribution in [3.8, 4) is 0 Å². The van der Waals surface area contributed by atoms with E-state index in [4.69, 9.17) is 0 Å². The van der Waals surface area contributed by atoms with E-state index in [-0.39, 0.29) is 12.1 Å². The number of nitrogens with one attached hydrogen (secondary N) is 2. The highest BCUT2D eigenvalue weighted by Crippen LogP contribution is 2.25. The summed E-state index contributed by atoms with van der Waals surface area (Å²) in [5.41, 5.74) is 4.95. The van der Waals surface area contributed by atoms with Crippen molar-refractivity contribution in [2.75, 3.05) is 13.1 Å². The molecule has 156 valence electrons. The van der Waals surface area contributed by atoms with Gasteiger partial charge in [-0.15, -0.1) is 0 Å². The lowest BCUT2D eigenvalue weighted by molar-refractivity contribution is 0.639. The molecule has 0 aliphatic rings. The number of hydrogen-bond acceptors (Lipinski definition) is 4. The Morgan fingerprint density at radius 1 is 1.17 bits per heavy atom. The van der Waals surface area contributed by atoms with E-state index in [0.717, 1.165) is 66.3 Å². The fourth-order valence-electron chi connectivity index (χ4n) is 2.93. The van der Waals surface area contributed by atoms with Gasteiger partial charge in [-0.25, -0.2) is 4.68 Å². The summed E-state index contributed by atoms with van der Waals surface area (Å²) in [6.07, 6.45) is 6.49. The van der Waals surface area contributed by atoms with E-state index in [9.17, 15) is 3.89 Å². The molecule has 29 heavy (non-hydrogen) atoms. The van der Waals surface area contributed by atoms with E-state index >= 15 is 0 Å². The fraction of sp³-hybridized carbons (Fsp3) is 0.348. The van der Waals surface area contributed by atoms with E-state index < -0.39 is 0 Å². The molecule has 4 nitrogen and oxygen atoms in total. The average molecular weight is 415 g/mol. The third kappa shape index (κ3) is 6.53. The standard InChI is InChI=1S/C23H31FN4S/c1-6-19(4)25-13-9-10-14-26-23(28-20(5)22(29-24)16-27-28)15-18(3)21-12-8-7-11-17(21)2/h7-8,11-12,15-16,25-26H,3-4,6,9-10,13-14H2,1-2,5H3/b23-15-. The van der Waals surface area contributed by atoms with E-state index in [1.165, 1.54) is 0 Å². The van der Waals surface area contributed by atoms with Crippen LogP contribution < -0.4 is 10.6 Å². The van der Waals surface area contributed by atoms with Gasteiger partial charge in [0.15, 0.2) is 0 Å². The molecule has 0 radical (unpaired) electrons. The molecule has 0 amide bonds. The highest BCUT2D eigenvalue weighted by atomic mass is 32.2. The summed E-state index contributed by atoms with van der Waals surface area (Å²) >= 11 is 0.214. The molecule has 1 heterocycles. The summed E-state index contributed by atoms with van der Waals surface area (Å²) in [6.45, 7) is 15.9. The lowest BCUT2D eigenvalue weighted by Crippen LogP contribution is -2.22. The highest BCUT2D eigenvalue weighted by molar-refractivity contribution is 7.94. The van der Waals surface area contributed by atoms with Crippen molar-refractivity contribution in [3.63, 3.8) is 0 Å². The smallest absolute Gasteiger partial charge is 0.128 e. The van der Waals surface area contributed by atoms with E-state index in [2.05, 4.69) is 54.9 Å². The van der Waals surface area contributed by atoms with Crippen LogP contribution in [0.25, 0.3) is 11.4 Å². The van der Waals surface area contributed by atoms with Crippen LogP contribution in [0.5, 0.6) is 0 Å². The maximum atomic E-state index is 13.1. The Morgan fingerprint density at radius 2 is 1.86 bits per heavy atom. The Hall–Kier alpha value is -2.47. The second-order valence-corrected chi connectivity index (χ2v) is 7.56. The second kappa shape index (κ2) is 11.5. The monoisotopic (exact) mass is 414 g/mol. The molecule has 0 saturated heterocycles. The summed E-state index contributed by atoms with van der Waals surface area (Å²) in [5.74, 6) is 0.794. The van der Waals surface area contributed by atoms with Crippen molar-refractivity contribution < 1.29 is 3.89 Å². The first-order chi connectivity index (χ1) is 14.0. The fourth-order valence-corrected chi connectivity index (χ4v) is 3.22. The van der Waals surface area contributed by atoms with Crippen LogP contribution in [-0.4, -0.2) is 22.9 Å². The van der Waals surface area contributed by atoms with Crippen LogP contribution in [0, 0.1) is 13.8 Å². The number of benzene rings is 1. The van der Waals surface area contributed by atoms with Crippen molar-refractivity contribution in [2.45, 2.75) is 44.9 Å². The van der Waals surface area contributed by atoms with Crippen LogP contribution in [0.2, 0.25) is 0 Å². The topological polar surface area (TPSA) is 41.9 Å². The van der Waals surface area contributed by atoms with Crippen LogP contribution in [0.4, 0.5) is 3.89 Å². The third-order valence-electron chi connectivity index (χ3n) is 4.79. The minimum absolute atomic E-state index is 0.214. The van der Waals surface area contributed by atoms with Gasteiger partial charge in [-0.3, -0.25) is 0 Å². The van der Waals surface area contributed by atoms with E-state index in [1.54, 1.807) is 10.9 Å². The third-order valence-corrected chi connectivity index (χ3v) is 5.36. The molecule has 0 spiro atoms. The first kappa shape index (κ1) is 22.8. The molecule has 6 heteroatoms. The molecule has 1 aromatic carbocycles. The summed E-state index contributed by atoms with van der Waals surface area (Å²) in [7, 11) is 0. The van der Waals surface area contributed by atoms with Gasteiger partial charge in [0.1, 0.15) is 5.82 Å². The normalized spacial score (nSPS) is 11.4. The minimum atomic E-state index is 0.214. The molecular formula is C23H31FN4S. The predicted molar refractivity (Wildman–Crippen MR) is 123 cm³/mol. The van der Waals surface area contributed by atoms with Crippen LogP contribution in [0.15, 0.2) is 60.3 Å². The van der Waals surface area contributed by atoms with Crippen molar-refractivity contribution >= 4 is 23.5 Å². The Balaban J connectivity index is 2.12. The quantitative estimate of drug-likeness (QED) is 0.337. The Labute approximate surface area is 178 Å². The average Bonchev–Trinajstić information content (AvgIpc) is 3.09. The zero-order valence-corrected chi connectivity index (χ0v) is 18.4. The molecule has 2 rings (SSSR count). The van der Waals surface area contributed by atoms with Crippen molar-refractivity contribution in [3.05, 3.63) is 72.2 Å². The molecule has 0 fully saturated rings. The number of rotatable bonds is 12. The number of allylic oxidation sites excluding steroid dienone is 3. The van der Waals surface area contributed by atoms with Crippen LogP contribution in [0.3, 0.4) is 0 Å². The molecule has 0 bridgehead atoms. The molecule has 2 aromatic rings. The molecule has 0 unspecified atom stereocenters. The van der Waals surface area contributed by atoms with Gasteiger partial charge in [-0.2, -0.15) is 8.98 Å². The van der Waals surface area contributed by atoms with Gasteiger partial charge in [0.25, 0.3) is 0 Å². The summed E-state index contributed by atoms with van der Waals surface area (Å²) in [4.78, 5) is 0.515. The number of hydrogen-bond donors (Lipinski definition) is 2. The number of aryl methyl sites for hydroxylation is 1. The number of aromatic nitrogens is 2. The number of nitrogens with zero attached hydrogens (tertiary/aromatic N) is 2. The number of unbranched alkanes of at least 4 members (excludes halogenated alkanes) is 1. The largest absolute Gasteiger partial charge is 0.389 e. The molecule has 0 aliphatic heterocycles. The van der Waals surface area contributed by atoms with Crippen LogP contribution >= 0.6 is 12.1 Å². The zero-order valence-electron chi connectivity index (χ0n) is 17.6. The minimum Gasteiger partial charge on any atom is -0.389 e. The van der Waals surface area contributed by atoms with Crippen LogP contribution in [0.1, 0.15) is 43.0 Å². The Bertz CT molecular complexity index is 870. The van der Waals surface area contributed by atoms with Gasteiger partial charge in [0.05, 0.1) is 28.9 Å². The Morgan fingerprint density at radius 3 is 2.48 bits per heavy atom. The van der Waals surface area contributed by atoms with Gasteiger partial charge >= 0.3 is 0 Å². The van der Waals surface area contributed by atoms with Crippen molar-refractivity contribution in [1.82, 2.24) is 20.4 Å². The van der Waals surface area contributed by atoms with Gasteiger partial charge < -0.3 is 10.6 Å². The second-order valence-electron chi connectivity index (χ2n) is 6.97. The van der Waals surface area contributed by atoms with E-state index in [0.29, 0.717) is 4.90 Å². The predicted octanol–water partition coefficient (Wildman–Crippen LogP) is 5.87. The molecular weight excluding hydrogens is 383 g/mol. The lowest BCUT2D eigenvalue weighted by Gasteiger charge is -2.15. The van der Waals surface area contributed by atoms with Gasteiger partial charge in [0.2, 0.25) is 0 Å². The maximum absolute atomic E-state index is 13.1. The van der Waals surface area contributed by atoms with Crippen molar-refractivity contribution in [1.29, 1.82) is 0 Å². The first-order valence-corrected chi connectivity index (χ1v) is 10.6.